The first kappa shape index (κ1) is 13.3. The van der Waals surface area contributed by atoms with Crippen LogP contribution < -0.4 is 16.2 Å². The van der Waals surface area contributed by atoms with Crippen molar-refractivity contribution in [2.24, 2.45) is 0 Å². The van der Waals surface area contributed by atoms with Gasteiger partial charge in [-0.2, -0.15) is 5.26 Å². The molecule has 18 heavy (non-hydrogen) atoms. The summed E-state index contributed by atoms with van der Waals surface area (Å²) >= 11 is 0. The van der Waals surface area contributed by atoms with Crippen LogP contribution in [-0.2, 0) is 4.79 Å². The number of nitrogens with zero attached hydrogens (tertiary/aromatic N) is 1. The van der Waals surface area contributed by atoms with Crippen LogP contribution >= 0.6 is 0 Å². The van der Waals surface area contributed by atoms with Gasteiger partial charge in [0.05, 0.1) is 17.3 Å². The van der Waals surface area contributed by atoms with E-state index in [0.717, 1.165) is 11.3 Å². The molecule has 0 radical (unpaired) electrons. The predicted octanol–water partition coefficient (Wildman–Crippen LogP) is 1.23. The minimum Gasteiger partial charge on any atom is -0.361 e. The molecule has 1 rings (SSSR count). The molecule has 92 valence electrons. The van der Waals surface area contributed by atoms with E-state index in [-0.39, 0.29) is 5.91 Å². The number of hydrogen-bond acceptors (Lipinski definition) is 4. The molecule has 0 bridgehead atoms. The maximum atomic E-state index is 10.7. The molecular formula is C13H14N4O. The van der Waals surface area contributed by atoms with Crippen LogP contribution in [0.5, 0.6) is 0 Å². The van der Waals surface area contributed by atoms with Gasteiger partial charge in [-0.1, -0.05) is 18.7 Å². The van der Waals surface area contributed by atoms with E-state index in [4.69, 9.17) is 5.26 Å². The number of amides is 1. The smallest absolute Gasteiger partial charge is 0.235 e. The SMILES string of the molecule is C=CN/C(=C\NNC(C)=O)c1ccc(C#N)cc1. The highest BCUT2D eigenvalue weighted by molar-refractivity contribution is 5.72. The lowest BCUT2D eigenvalue weighted by Crippen LogP contribution is -2.32. The summed E-state index contributed by atoms with van der Waals surface area (Å²) < 4.78 is 0. The van der Waals surface area contributed by atoms with Crippen LogP contribution in [0.2, 0.25) is 0 Å². The number of hydrogen-bond donors (Lipinski definition) is 3. The van der Waals surface area contributed by atoms with Gasteiger partial charge in [-0.05, 0) is 23.9 Å². The van der Waals surface area contributed by atoms with E-state index < -0.39 is 0 Å². The molecule has 0 saturated carbocycles. The first-order valence-electron chi connectivity index (χ1n) is 5.27. The van der Waals surface area contributed by atoms with E-state index in [1.165, 1.54) is 13.1 Å². The molecule has 1 aromatic rings. The van der Waals surface area contributed by atoms with Gasteiger partial charge < -0.3 is 10.7 Å². The van der Waals surface area contributed by atoms with E-state index in [1.807, 2.05) is 0 Å². The number of hydrazine groups is 1. The summed E-state index contributed by atoms with van der Waals surface area (Å²) in [7, 11) is 0. The van der Waals surface area contributed by atoms with Crippen LogP contribution in [0.1, 0.15) is 18.1 Å². The quantitative estimate of drug-likeness (QED) is 0.679. The molecule has 0 unspecified atom stereocenters. The normalized spacial score (nSPS) is 10.1. The van der Waals surface area contributed by atoms with E-state index in [2.05, 4.69) is 28.8 Å². The summed E-state index contributed by atoms with van der Waals surface area (Å²) in [6, 6.07) is 9.08. The fourth-order valence-corrected chi connectivity index (χ4v) is 1.25. The first-order chi connectivity index (χ1) is 8.67. The molecule has 3 N–H and O–H groups in total. The second-order valence-electron chi connectivity index (χ2n) is 3.42. The van der Waals surface area contributed by atoms with Crippen molar-refractivity contribution in [3.8, 4) is 6.07 Å². The van der Waals surface area contributed by atoms with Gasteiger partial charge in [0.2, 0.25) is 5.91 Å². The van der Waals surface area contributed by atoms with Gasteiger partial charge >= 0.3 is 0 Å². The van der Waals surface area contributed by atoms with Crippen molar-refractivity contribution in [2.45, 2.75) is 6.92 Å². The Labute approximate surface area is 106 Å². The lowest BCUT2D eigenvalue weighted by molar-refractivity contribution is -0.119. The second-order valence-corrected chi connectivity index (χ2v) is 3.42. The van der Waals surface area contributed by atoms with Gasteiger partial charge in [-0.15, -0.1) is 0 Å². The molecule has 0 aromatic heterocycles. The molecule has 0 saturated heterocycles. The summed E-state index contributed by atoms with van der Waals surface area (Å²) in [5.74, 6) is -0.191. The monoisotopic (exact) mass is 242 g/mol. The standard InChI is InChI=1S/C13H14N4O/c1-3-15-13(9-16-17-10(2)18)12-6-4-11(8-14)5-7-12/h3-7,9,15-16H,1H2,2H3,(H,17,18)/b13-9-. The topological polar surface area (TPSA) is 76.9 Å². The summed E-state index contributed by atoms with van der Waals surface area (Å²) in [5.41, 5.74) is 7.28. The molecule has 0 fully saturated rings. The molecule has 0 aliphatic carbocycles. The highest BCUT2D eigenvalue weighted by Crippen LogP contribution is 2.11. The number of carbonyl (C=O) groups is 1. The van der Waals surface area contributed by atoms with Crippen LogP contribution in [0, 0.1) is 11.3 Å². The lowest BCUT2D eigenvalue weighted by Gasteiger charge is -2.09. The van der Waals surface area contributed by atoms with E-state index in [9.17, 15) is 4.79 Å². The van der Waals surface area contributed by atoms with Crippen LogP contribution in [-0.4, -0.2) is 5.91 Å². The molecule has 0 atom stereocenters. The third-order valence-corrected chi connectivity index (χ3v) is 2.05. The number of nitriles is 1. The third kappa shape index (κ3) is 4.02. The number of nitrogens with one attached hydrogen (secondary N) is 3. The lowest BCUT2D eigenvalue weighted by atomic mass is 10.1. The largest absolute Gasteiger partial charge is 0.361 e. The molecular weight excluding hydrogens is 228 g/mol. The Hall–Kier alpha value is -2.74. The average Bonchev–Trinajstić information content (AvgIpc) is 2.37. The summed E-state index contributed by atoms with van der Waals surface area (Å²) in [6.45, 7) is 4.99. The Morgan fingerprint density at radius 1 is 1.39 bits per heavy atom. The van der Waals surface area contributed by atoms with Crippen molar-refractivity contribution < 1.29 is 4.79 Å². The van der Waals surface area contributed by atoms with Crippen LogP contribution in [0.25, 0.3) is 5.70 Å². The van der Waals surface area contributed by atoms with Gasteiger partial charge in [0.25, 0.3) is 0 Å². The Balaban J connectivity index is 2.86. The van der Waals surface area contributed by atoms with Crippen molar-refractivity contribution in [3.63, 3.8) is 0 Å². The maximum absolute atomic E-state index is 10.7. The Kier molecular flexibility index (Phi) is 5.00. The van der Waals surface area contributed by atoms with Crippen molar-refractivity contribution in [1.82, 2.24) is 16.2 Å². The first-order valence-corrected chi connectivity index (χ1v) is 5.27. The molecule has 0 aliphatic rings. The van der Waals surface area contributed by atoms with Crippen molar-refractivity contribution in [2.75, 3.05) is 0 Å². The molecule has 5 heteroatoms. The van der Waals surface area contributed by atoms with Crippen LogP contribution in [0.3, 0.4) is 0 Å². The van der Waals surface area contributed by atoms with Crippen molar-refractivity contribution in [1.29, 1.82) is 5.26 Å². The number of benzene rings is 1. The zero-order valence-electron chi connectivity index (χ0n) is 10.0. The second kappa shape index (κ2) is 6.76. The van der Waals surface area contributed by atoms with E-state index in [1.54, 1.807) is 30.5 Å². The van der Waals surface area contributed by atoms with Crippen LogP contribution in [0.4, 0.5) is 0 Å². The third-order valence-electron chi connectivity index (χ3n) is 2.05. The maximum Gasteiger partial charge on any atom is 0.235 e. The van der Waals surface area contributed by atoms with Gasteiger partial charge in [-0.25, -0.2) is 0 Å². The molecule has 0 heterocycles. The number of rotatable bonds is 5. The van der Waals surface area contributed by atoms with E-state index in [0.29, 0.717) is 5.56 Å². The van der Waals surface area contributed by atoms with Gasteiger partial charge in [0.1, 0.15) is 0 Å². The summed E-state index contributed by atoms with van der Waals surface area (Å²) in [6.07, 6.45) is 3.13. The molecule has 1 aromatic carbocycles. The molecule has 0 spiro atoms. The van der Waals surface area contributed by atoms with Crippen LogP contribution in [0.15, 0.2) is 43.2 Å². The zero-order valence-corrected chi connectivity index (χ0v) is 10.0. The average molecular weight is 242 g/mol. The fourth-order valence-electron chi connectivity index (χ4n) is 1.25. The minimum absolute atomic E-state index is 0.191. The van der Waals surface area contributed by atoms with Gasteiger partial charge in [0, 0.05) is 13.1 Å². The molecule has 5 nitrogen and oxygen atoms in total. The highest BCUT2D eigenvalue weighted by Gasteiger charge is 2.00. The molecule has 1 amide bonds. The zero-order chi connectivity index (χ0) is 13.4. The summed E-state index contributed by atoms with van der Waals surface area (Å²) in [5, 5.41) is 11.7. The number of carbonyl (C=O) groups excluding carboxylic acids is 1. The molecule has 0 aliphatic heterocycles. The Morgan fingerprint density at radius 3 is 2.56 bits per heavy atom. The Morgan fingerprint density at radius 2 is 2.06 bits per heavy atom. The fraction of sp³-hybridized carbons (Fsp3) is 0.0769. The predicted molar refractivity (Wildman–Crippen MR) is 69.4 cm³/mol. The van der Waals surface area contributed by atoms with Gasteiger partial charge in [-0.3, -0.25) is 10.2 Å². The van der Waals surface area contributed by atoms with E-state index >= 15 is 0 Å². The minimum atomic E-state index is -0.191. The highest BCUT2D eigenvalue weighted by atomic mass is 16.2. The van der Waals surface area contributed by atoms with Crippen molar-refractivity contribution >= 4 is 11.6 Å². The van der Waals surface area contributed by atoms with Crippen molar-refractivity contribution in [3.05, 3.63) is 54.4 Å². The summed E-state index contributed by atoms with van der Waals surface area (Å²) in [4.78, 5) is 10.7. The Bertz CT molecular complexity index is 497. The van der Waals surface area contributed by atoms with Gasteiger partial charge in [0.15, 0.2) is 0 Å².